The number of ketones is 1. The second-order valence-electron chi connectivity index (χ2n) is 7.11. The first-order chi connectivity index (χ1) is 11.6. The molecule has 0 saturated carbocycles. The second-order valence-corrected chi connectivity index (χ2v) is 7.11. The summed E-state index contributed by atoms with van der Waals surface area (Å²) in [7, 11) is 0. The molecule has 0 aromatic heterocycles. The molecule has 136 valence electrons. The quantitative estimate of drug-likeness (QED) is 0.330. The van der Waals surface area contributed by atoms with Crippen LogP contribution in [0.1, 0.15) is 100 Å². The Bertz CT molecular complexity index is 434. The number of aliphatic hydroxyl groups excluding tert-OH is 1. The van der Waals surface area contributed by atoms with Gasteiger partial charge in [-0.2, -0.15) is 0 Å². The number of rotatable bonds is 14. The van der Waals surface area contributed by atoms with E-state index in [-0.39, 0.29) is 12.2 Å². The molecule has 1 N–H and O–H groups in total. The molecule has 24 heavy (non-hydrogen) atoms. The van der Waals surface area contributed by atoms with E-state index >= 15 is 0 Å². The van der Waals surface area contributed by atoms with Gasteiger partial charge in [-0.15, -0.1) is 0 Å². The summed E-state index contributed by atoms with van der Waals surface area (Å²) >= 11 is 0. The number of carbonyl (C=O) groups excluding carboxylic acids is 1. The van der Waals surface area contributed by atoms with Crippen molar-refractivity contribution < 1.29 is 9.90 Å². The van der Waals surface area contributed by atoms with E-state index in [1.807, 2.05) is 12.1 Å². The van der Waals surface area contributed by atoms with Crippen LogP contribution in [0, 0.1) is 0 Å². The summed E-state index contributed by atoms with van der Waals surface area (Å²) < 4.78 is 0. The molecule has 2 nitrogen and oxygen atoms in total. The highest BCUT2D eigenvalue weighted by molar-refractivity contribution is 5.96. The molecule has 1 atom stereocenters. The molecule has 0 fully saturated rings. The predicted molar refractivity (Wildman–Crippen MR) is 103 cm³/mol. The number of unbranched alkanes of at least 4 members (excludes halogenated alkanes) is 9. The van der Waals surface area contributed by atoms with E-state index in [2.05, 4.69) is 19.1 Å². The maximum Gasteiger partial charge on any atom is 0.165 e. The molecular formula is C22H36O2. The molecule has 0 aliphatic rings. The molecule has 0 amide bonds. The van der Waals surface area contributed by atoms with Gasteiger partial charge in [-0.3, -0.25) is 4.79 Å². The molecule has 1 unspecified atom stereocenters. The van der Waals surface area contributed by atoms with Crippen LogP contribution in [0.15, 0.2) is 24.3 Å². The van der Waals surface area contributed by atoms with Crippen LogP contribution in [0.3, 0.4) is 0 Å². The Kier molecular flexibility index (Phi) is 11.5. The minimum absolute atomic E-state index is 0.0236. The molecule has 0 aliphatic carbocycles. The third-order valence-electron chi connectivity index (χ3n) is 4.58. The molecule has 0 bridgehead atoms. The lowest BCUT2D eigenvalue weighted by atomic mass is 10.0. The summed E-state index contributed by atoms with van der Waals surface area (Å²) in [4.78, 5) is 11.9. The third kappa shape index (κ3) is 9.87. The number of aliphatic hydroxyl groups is 1. The van der Waals surface area contributed by atoms with Crippen molar-refractivity contribution in [2.75, 3.05) is 0 Å². The zero-order chi connectivity index (χ0) is 17.6. The van der Waals surface area contributed by atoms with Crippen LogP contribution in [0.25, 0.3) is 0 Å². The van der Waals surface area contributed by atoms with Gasteiger partial charge in [-0.25, -0.2) is 0 Å². The summed E-state index contributed by atoms with van der Waals surface area (Å²) in [5, 5.41) is 9.28. The van der Waals surface area contributed by atoms with Gasteiger partial charge in [0, 0.05) is 12.0 Å². The topological polar surface area (TPSA) is 37.3 Å². The van der Waals surface area contributed by atoms with Crippen LogP contribution >= 0.6 is 0 Å². The van der Waals surface area contributed by atoms with Crippen LogP contribution in [0.4, 0.5) is 0 Å². The molecule has 0 spiro atoms. The van der Waals surface area contributed by atoms with Gasteiger partial charge in [-0.05, 0) is 25.3 Å². The van der Waals surface area contributed by atoms with Crippen molar-refractivity contribution in [2.24, 2.45) is 0 Å². The first-order valence-corrected chi connectivity index (χ1v) is 9.93. The summed E-state index contributed by atoms with van der Waals surface area (Å²) in [5.74, 6) is 0.0236. The van der Waals surface area contributed by atoms with E-state index in [9.17, 15) is 9.90 Å². The van der Waals surface area contributed by atoms with E-state index in [0.29, 0.717) is 5.56 Å². The van der Waals surface area contributed by atoms with Crippen molar-refractivity contribution in [1.82, 2.24) is 0 Å². The first kappa shape index (κ1) is 20.9. The Morgan fingerprint density at radius 2 is 1.38 bits per heavy atom. The van der Waals surface area contributed by atoms with Crippen molar-refractivity contribution in [1.29, 1.82) is 0 Å². The highest BCUT2D eigenvalue weighted by atomic mass is 16.3. The zero-order valence-electron chi connectivity index (χ0n) is 15.7. The van der Waals surface area contributed by atoms with Crippen LogP contribution < -0.4 is 0 Å². The fraction of sp³-hybridized carbons (Fsp3) is 0.682. The van der Waals surface area contributed by atoms with Gasteiger partial charge in [0.05, 0.1) is 6.10 Å². The second kappa shape index (κ2) is 13.2. The van der Waals surface area contributed by atoms with E-state index < -0.39 is 6.10 Å². The van der Waals surface area contributed by atoms with Gasteiger partial charge in [0.1, 0.15) is 0 Å². The summed E-state index contributed by atoms with van der Waals surface area (Å²) in [6.45, 7) is 3.92. The number of aryl methyl sites for hydroxylation is 1. The Labute approximate surface area is 148 Å². The zero-order valence-corrected chi connectivity index (χ0v) is 15.7. The van der Waals surface area contributed by atoms with Crippen molar-refractivity contribution in [3.05, 3.63) is 35.4 Å². The average molecular weight is 333 g/mol. The van der Waals surface area contributed by atoms with Crippen molar-refractivity contribution in [3.8, 4) is 0 Å². The lowest BCUT2D eigenvalue weighted by molar-refractivity contribution is 0.0901. The van der Waals surface area contributed by atoms with Gasteiger partial charge in [0.2, 0.25) is 0 Å². The fourth-order valence-electron chi connectivity index (χ4n) is 3.06. The van der Waals surface area contributed by atoms with Gasteiger partial charge >= 0.3 is 0 Å². The minimum Gasteiger partial charge on any atom is -0.393 e. The highest BCUT2D eigenvalue weighted by Gasteiger charge is 2.08. The van der Waals surface area contributed by atoms with Crippen LogP contribution in [-0.4, -0.2) is 17.0 Å². The first-order valence-electron chi connectivity index (χ1n) is 9.93. The highest BCUT2D eigenvalue weighted by Crippen LogP contribution is 2.14. The Hall–Kier alpha value is -1.15. The fourth-order valence-corrected chi connectivity index (χ4v) is 3.06. The average Bonchev–Trinajstić information content (AvgIpc) is 2.56. The lowest BCUT2D eigenvalue weighted by Gasteiger charge is -2.06. The molecule has 0 aliphatic heterocycles. The van der Waals surface area contributed by atoms with Gasteiger partial charge in [-0.1, -0.05) is 89.0 Å². The molecule has 0 heterocycles. The number of hydrogen-bond donors (Lipinski definition) is 1. The van der Waals surface area contributed by atoms with Gasteiger partial charge in [0.25, 0.3) is 0 Å². The number of benzene rings is 1. The number of hydrogen-bond acceptors (Lipinski definition) is 2. The van der Waals surface area contributed by atoms with E-state index in [1.165, 1.54) is 69.8 Å². The summed E-state index contributed by atoms with van der Waals surface area (Å²) in [6, 6.07) is 7.92. The summed E-state index contributed by atoms with van der Waals surface area (Å²) in [6.07, 6.45) is 14.3. The molecule has 1 aromatic carbocycles. The number of Topliss-reactive ketones (excluding diaryl/α,β-unsaturated/α-hetero) is 1. The Balaban J connectivity index is 2.08. The third-order valence-corrected chi connectivity index (χ3v) is 4.58. The van der Waals surface area contributed by atoms with Crippen LogP contribution in [0.5, 0.6) is 0 Å². The molecule has 0 radical (unpaired) electrons. The SMILES string of the molecule is CCCCCCCCCCCCc1ccc(C(=O)CC(C)O)cc1. The van der Waals surface area contributed by atoms with Crippen LogP contribution in [-0.2, 0) is 6.42 Å². The number of carbonyl (C=O) groups is 1. The predicted octanol–water partition coefficient (Wildman–Crippen LogP) is 6.10. The van der Waals surface area contributed by atoms with E-state index in [1.54, 1.807) is 6.92 Å². The van der Waals surface area contributed by atoms with Crippen LogP contribution in [0.2, 0.25) is 0 Å². The van der Waals surface area contributed by atoms with Crippen molar-refractivity contribution in [2.45, 2.75) is 97.0 Å². The van der Waals surface area contributed by atoms with Gasteiger partial charge in [0.15, 0.2) is 5.78 Å². The smallest absolute Gasteiger partial charge is 0.165 e. The Morgan fingerprint density at radius 1 is 0.875 bits per heavy atom. The lowest BCUT2D eigenvalue weighted by Crippen LogP contribution is -2.09. The molecule has 0 saturated heterocycles. The molecule has 1 aromatic rings. The molecular weight excluding hydrogens is 296 g/mol. The monoisotopic (exact) mass is 332 g/mol. The molecule has 2 heteroatoms. The van der Waals surface area contributed by atoms with Crippen molar-refractivity contribution in [3.63, 3.8) is 0 Å². The Morgan fingerprint density at radius 3 is 1.88 bits per heavy atom. The minimum atomic E-state index is -0.566. The maximum absolute atomic E-state index is 11.9. The normalized spacial score (nSPS) is 12.3. The maximum atomic E-state index is 11.9. The standard InChI is InChI=1S/C22H36O2/c1-3-4-5-6-7-8-9-10-11-12-13-20-14-16-21(17-15-20)22(24)18-19(2)23/h14-17,19,23H,3-13,18H2,1-2H3. The van der Waals surface area contributed by atoms with E-state index in [0.717, 1.165) is 6.42 Å². The van der Waals surface area contributed by atoms with Crippen molar-refractivity contribution >= 4 is 5.78 Å². The van der Waals surface area contributed by atoms with E-state index in [4.69, 9.17) is 0 Å². The molecule has 1 rings (SSSR count). The summed E-state index contributed by atoms with van der Waals surface area (Å²) in [5.41, 5.74) is 2.02. The van der Waals surface area contributed by atoms with Gasteiger partial charge < -0.3 is 5.11 Å². The largest absolute Gasteiger partial charge is 0.393 e.